The third-order valence-corrected chi connectivity index (χ3v) is 4.87. The zero-order valence-corrected chi connectivity index (χ0v) is 18.2. The molecule has 3 aromatic rings. The monoisotopic (exact) mass is 432 g/mol. The van der Waals surface area contributed by atoms with Gasteiger partial charge in [-0.1, -0.05) is 78.9 Å². The van der Waals surface area contributed by atoms with Gasteiger partial charge in [0, 0.05) is 6.92 Å². The molecule has 0 saturated carbocycles. The van der Waals surface area contributed by atoms with E-state index in [0.29, 0.717) is 18.4 Å². The molecule has 5 nitrogen and oxygen atoms in total. The van der Waals surface area contributed by atoms with Crippen LogP contribution in [0, 0.1) is 0 Å². The van der Waals surface area contributed by atoms with Gasteiger partial charge in [0.2, 0.25) is 0 Å². The molecular weight excluding hydrogens is 404 g/mol. The fourth-order valence-corrected chi connectivity index (χ4v) is 3.36. The Bertz CT molecular complexity index is 916. The molecule has 0 bridgehead atoms. The average Bonchev–Trinajstić information content (AvgIpc) is 2.82. The highest BCUT2D eigenvalue weighted by Crippen LogP contribution is 2.14. The van der Waals surface area contributed by atoms with Crippen LogP contribution < -0.4 is 0 Å². The maximum Gasteiger partial charge on any atom is 0.338 e. The van der Waals surface area contributed by atoms with Gasteiger partial charge in [0.25, 0.3) is 0 Å². The van der Waals surface area contributed by atoms with Crippen molar-refractivity contribution in [2.75, 3.05) is 13.2 Å². The Hall–Kier alpha value is -3.44. The van der Waals surface area contributed by atoms with Crippen molar-refractivity contribution >= 4 is 11.9 Å². The lowest BCUT2D eigenvalue weighted by molar-refractivity contribution is -0.153. The zero-order valence-electron chi connectivity index (χ0n) is 18.2. The largest absolute Gasteiger partial charge is 0.458 e. The van der Waals surface area contributed by atoms with Crippen LogP contribution in [0.1, 0.15) is 28.4 Å². The van der Waals surface area contributed by atoms with Crippen molar-refractivity contribution < 1.29 is 23.8 Å². The summed E-state index contributed by atoms with van der Waals surface area (Å²) >= 11 is 0. The van der Waals surface area contributed by atoms with Gasteiger partial charge < -0.3 is 14.2 Å². The molecule has 0 aliphatic rings. The van der Waals surface area contributed by atoms with Crippen LogP contribution >= 0.6 is 0 Å². The van der Waals surface area contributed by atoms with Crippen LogP contribution in [0.4, 0.5) is 0 Å². The lowest BCUT2D eigenvalue weighted by atomic mass is 10.0. The first kappa shape index (κ1) is 23.2. The minimum absolute atomic E-state index is 0.0727. The maximum atomic E-state index is 12.3. The summed E-state index contributed by atoms with van der Waals surface area (Å²) in [6, 6.07) is 28.9. The van der Waals surface area contributed by atoms with Gasteiger partial charge in [0.15, 0.2) is 6.10 Å². The second-order valence-electron chi connectivity index (χ2n) is 7.53. The van der Waals surface area contributed by atoms with Crippen molar-refractivity contribution in [3.63, 3.8) is 0 Å². The first-order chi connectivity index (χ1) is 15.6. The first-order valence-corrected chi connectivity index (χ1v) is 10.7. The summed E-state index contributed by atoms with van der Waals surface area (Å²) in [5.41, 5.74) is 2.77. The molecule has 0 aliphatic carbocycles. The fraction of sp³-hybridized carbons (Fsp3) is 0.259. The van der Waals surface area contributed by atoms with E-state index >= 15 is 0 Å². The average molecular weight is 433 g/mol. The molecule has 0 radical (unpaired) electrons. The van der Waals surface area contributed by atoms with E-state index in [1.807, 2.05) is 42.5 Å². The van der Waals surface area contributed by atoms with Crippen molar-refractivity contribution in [2.45, 2.75) is 32.0 Å². The van der Waals surface area contributed by atoms with Crippen LogP contribution in [0.25, 0.3) is 0 Å². The van der Waals surface area contributed by atoms with Gasteiger partial charge >= 0.3 is 11.9 Å². The van der Waals surface area contributed by atoms with Gasteiger partial charge in [-0.25, -0.2) is 4.79 Å². The molecule has 1 atom stereocenters. The highest BCUT2D eigenvalue weighted by Gasteiger charge is 2.20. The summed E-state index contributed by atoms with van der Waals surface area (Å²) < 4.78 is 16.9. The molecule has 0 aliphatic heterocycles. The molecule has 5 heteroatoms. The van der Waals surface area contributed by atoms with Crippen LogP contribution in [-0.2, 0) is 31.8 Å². The van der Waals surface area contributed by atoms with Crippen molar-refractivity contribution in [1.29, 1.82) is 0 Å². The summed E-state index contributed by atoms with van der Waals surface area (Å²) in [4.78, 5) is 23.8. The van der Waals surface area contributed by atoms with E-state index in [-0.39, 0.29) is 19.3 Å². The number of carbonyl (C=O) groups excluding carboxylic acids is 2. The van der Waals surface area contributed by atoms with Crippen LogP contribution in [0.3, 0.4) is 0 Å². The Morgan fingerprint density at radius 1 is 0.688 bits per heavy atom. The van der Waals surface area contributed by atoms with Crippen LogP contribution in [-0.4, -0.2) is 37.4 Å². The number of carbonyl (C=O) groups is 2. The minimum atomic E-state index is -0.686. The third kappa shape index (κ3) is 8.00. The normalized spacial score (nSPS) is 11.7. The Labute approximate surface area is 188 Å². The van der Waals surface area contributed by atoms with Crippen LogP contribution in [0.2, 0.25) is 0 Å². The zero-order chi connectivity index (χ0) is 22.6. The molecule has 0 aromatic heterocycles. The summed E-state index contributed by atoms with van der Waals surface area (Å²) in [6.07, 6.45) is 0.621. The fourth-order valence-electron chi connectivity index (χ4n) is 3.36. The van der Waals surface area contributed by atoms with Crippen molar-refractivity contribution in [3.8, 4) is 0 Å². The van der Waals surface area contributed by atoms with Crippen molar-refractivity contribution in [3.05, 3.63) is 108 Å². The van der Waals surface area contributed by atoms with Crippen LogP contribution in [0.15, 0.2) is 91.0 Å². The van der Waals surface area contributed by atoms with Crippen molar-refractivity contribution in [1.82, 2.24) is 0 Å². The van der Waals surface area contributed by atoms with E-state index < -0.39 is 18.0 Å². The highest BCUT2D eigenvalue weighted by molar-refractivity contribution is 5.89. The van der Waals surface area contributed by atoms with Gasteiger partial charge in [0.05, 0.1) is 18.3 Å². The number of hydrogen-bond acceptors (Lipinski definition) is 5. The lowest BCUT2D eigenvalue weighted by Crippen LogP contribution is -2.32. The number of ether oxygens (including phenoxy) is 3. The Balaban J connectivity index is 1.62. The van der Waals surface area contributed by atoms with E-state index in [2.05, 4.69) is 24.3 Å². The summed E-state index contributed by atoms with van der Waals surface area (Å²) in [6.45, 7) is 1.39. The van der Waals surface area contributed by atoms with Crippen molar-refractivity contribution in [2.24, 2.45) is 0 Å². The van der Waals surface area contributed by atoms with Gasteiger partial charge in [-0.2, -0.15) is 0 Å². The van der Waals surface area contributed by atoms with E-state index in [9.17, 15) is 9.59 Å². The minimum Gasteiger partial charge on any atom is -0.458 e. The second kappa shape index (κ2) is 12.4. The van der Waals surface area contributed by atoms with Crippen LogP contribution in [0.5, 0.6) is 0 Å². The number of benzene rings is 3. The Morgan fingerprint density at radius 2 is 1.19 bits per heavy atom. The summed E-state index contributed by atoms with van der Waals surface area (Å²) in [5.74, 6) is -0.912. The molecular formula is C27H28O5. The van der Waals surface area contributed by atoms with E-state index in [4.69, 9.17) is 14.2 Å². The SMILES string of the molecule is CC(=O)OC(COC(=O)c1ccccc1)COC(Cc1ccccc1)Cc1ccccc1. The van der Waals surface area contributed by atoms with E-state index in [1.54, 1.807) is 24.3 Å². The topological polar surface area (TPSA) is 61.8 Å². The highest BCUT2D eigenvalue weighted by atomic mass is 16.6. The molecule has 0 spiro atoms. The lowest BCUT2D eigenvalue weighted by Gasteiger charge is -2.23. The molecule has 0 N–H and O–H groups in total. The molecule has 0 fully saturated rings. The maximum absolute atomic E-state index is 12.3. The van der Waals surface area contributed by atoms with Gasteiger partial charge in [-0.3, -0.25) is 4.79 Å². The Morgan fingerprint density at radius 3 is 1.69 bits per heavy atom. The van der Waals surface area contributed by atoms with Gasteiger partial charge in [-0.15, -0.1) is 0 Å². The molecule has 3 aromatic carbocycles. The predicted octanol–water partition coefficient (Wildman–Crippen LogP) is 4.65. The van der Waals surface area contributed by atoms with E-state index in [1.165, 1.54) is 6.92 Å². The summed E-state index contributed by atoms with van der Waals surface area (Å²) in [5, 5.41) is 0. The standard InChI is InChI=1S/C27H28O5/c1-21(28)32-26(20-31-27(29)24-15-9-4-10-16-24)19-30-25(17-22-11-5-2-6-12-22)18-23-13-7-3-8-14-23/h2-16,25-26H,17-20H2,1H3. The molecule has 1 unspecified atom stereocenters. The molecule has 0 saturated heterocycles. The second-order valence-corrected chi connectivity index (χ2v) is 7.53. The number of rotatable bonds is 11. The first-order valence-electron chi connectivity index (χ1n) is 10.7. The number of hydrogen-bond donors (Lipinski definition) is 0. The molecule has 32 heavy (non-hydrogen) atoms. The molecule has 3 rings (SSSR count). The third-order valence-electron chi connectivity index (χ3n) is 4.87. The van der Waals surface area contributed by atoms with Gasteiger partial charge in [-0.05, 0) is 36.1 Å². The Kier molecular flexibility index (Phi) is 9.02. The quantitative estimate of drug-likeness (QED) is 0.413. The van der Waals surface area contributed by atoms with E-state index in [0.717, 1.165) is 11.1 Å². The predicted molar refractivity (Wildman–Crippen MR) is 122 cm³/mol. The number of esters is 2. The summed E-state index contributed by atoms with van der Waals surface area (Å²) in [7, 11) is 0. The molecule has 166 valence electrons. The molecule has 0 heterocycles. The van der Waals surface area contributed by atoms with Gasteiger partial charge in [0.1, 0.15) is 6.61 Å². The molecule has 0 amide bonds. The smallest absolute Gasteiger partial charge is 0.338 e.